The fourth-order valence-corrected chi connectivity index (χ4v) is 7.56. The number of fused-ring (bicyclic) bond motifs is 2. The van der Waals surface area contributed by atoms with E-state index in [2.05, 4.69) is 4.98 Å². The van der Waals surface area contributed by atoms with Gasteiger partial charge in [-0.25, -0.2) is 13.4 Å². The second kappa shape index (κ2) is 10.9. The van der Waals surface area contributed by atoms with Crippen LogP contribution in [-0.4, -0.2) is 47.6 Å². The molecular formula is C31H33N3O4S. The van der Waals surface area contributed by atoms with E-state index in [0.717, 1.165) is 47.1 Å². The van der Waals surface area contributed by atoms with Crippen molar-refractivity contribution in [1.29, 1.82) is 0 Å². The Labute approximate surface area is 229 Å². The lowest BCUT2D eigenvalue weighted by Gasteiger charge is -2.35. The molecule has 0 saturated carbocycles. The van der Waals surface area contributed by atoms with Crippen LogP contribution < -0.4 is 0 Å². The van der Waals surface area contributed by atoms with Gasteiger partial charge in [0.05, 0.1) is 17.1 Å². The van der Waals surface area contributed by atoms with Crippen molar-refractivity contribution in [3.63, 3.8) is 0 Å². The van der Waals surface area contributed by atoms with Crippen molar-refractivity contribution >= 4 is 26.7 Å². The van der Waals surface area contributed by atoms with Gasteiger partial charge in [-0.2, -0.15) is 4.31 Å². The van der Waals surface area contributed by atoms with Crippen molar-refractivity contribution in [3.05, 3.63) is 84.3 Å². The molecule has 202 valence electrons. The van der Waals surface area contributed by atoms with Gasteiger partial charge >= 0.3 is 0 Å². The predicted octanol–water partition coefficient (Wildman–Crippen LogP) is 5.79. The van der Waals surface area contributed by atoms with Crippen LogP contribution in [0.1, 0.15) is 50.0 Å². The summed E-state index contributed by atoms with van der Waals surface area (Å²) in [6.45, 7) is 1.58. The van der Waals surface area contributed by atoms with Crippen LogP contribution >= 0.6 is 0 Å². The molecule has 8 heteroatoms. The molecule has 1 fully saturated rings. The quantitative estimate of drug-likeness (QED) is 0.295. The number of piperidine rings is 1. The van der Waals surface area contributed by atoms with Gasteiger partial charge in [-0.3, -0.25) is 4.79 Å². The summed E-state index contributed by atoms with van der Waals surface area (Å²) in [5.74, 6) is 1.44. The Morgan fingerprint density at radius 3 is 2.59 bits per heavy atom. The Morgan fingerprint density at radius 2 is 1.74 bits per heavy atom. The Balaban J connectivity index is 1.08. The standard InChI is InChI=1S/C31H33N3O4S/c35-30(33-20-18-28-29(22-33)38-31(32-28)24-10-2-1-3-11-24)15-8-14-26-13-6-7-19-34(26)39(36,37)27-17-16-23-9-4-5-12-25(23)21-27/h1-5,9-12,16-17,21,26H,6-8,13-15,18-20,22H2. The molecule has 1 unspecified atom stereocenters. The van der Waals surface area contributed by atoms with Gasteiger partial charge in [-0.15, -0.1) is 0 Å². The lowest BCUT2D eigenvalue weighted by molar-refractivity contribution is -0.132. The maximum absolute atomic E-state index is 13.6. The molecule has 0 N–H and O–H groups in total. The third-order valence-corrected chi connectivity index (χ3v) is 9.88. The molecule has 0 bridgehead atoms. The molecule has 1 aromatic heterocycles. The molecule has 39 heavy (non-hydrogen) atoms. The first-order chi connectivity index (χ1) is 19.0. The van der Waals surface area contributed by atoms with E-state index in [1.54, 1.807) is 16.4 Å². The normalized spacial score (nSPS) is 18.3. The third kappa shape index (κ3) is 5.36. The van der Waals surface area contributed by atoms with E-state index >= 15 is 0 Å². The number of benzene rings is 3. The Morgan fingerprint density at radius 1 is 0.949 bits per heavy atom. The van der Waals surface area contributed by atoms with Crippen LogP contribution in [0, 0.1) is 0 Å². The molecule has 3 aromatic carbocycles. The Bertz CT molecular complexity index is 1580. The maximum atomic E-state index is 13.6. The van der Waals surface area contributed by atoms with E-state index in [0.29, 0.717) is 56.1 Å². The van der Waals surface area contributed by atoms with Crippen molar-refractivity contribution < 1.29 is 17.6 Å². The van der Waals surface area contributed by atoms with Crippen LogP contribution in [0.4, 0.5) is 0 Å². The minimum absolute atomic E-state index is 0.0815. The number of sulfonamides is 1. The monoisotopic (exact) mass is 543 g/mol. The highest BCUT2D eigenvalue weighted by molar-refractivity contribution is 7.89. The lowest BCUT2D eigenvalue weighted by Crippen LogP contribution is -2.43. The summed E-state index contributed by atoms with van der Waals surface area (Å²) >= 11 is 0. The topological polar surface area (TPSA) is 83.7 Å². The molecule has 0 radical (unpaired) electrons. The van der Waals surface area contributed by atoms with Crippen molar-refractivity contribution in [2.45, 2.75) is 62.4 Å². The molecule has 6 rings (SSSR count). The van der Waals surface area contributed by atoms with E-state index in [1.165, 1.54) is 0 Å². The van der Waals surface area contributed by atoms with Crippen LogP contribution in [0.3, 0.4) is 0 Å². The molecule has 3 heterocycles. The first kappa shape index (κ1) is 25.8. The lowest BCUT2D eigenvalue weighted by atomic mass is 9.99. The molecule has 0 spiro atoms. The highest BCUT2D eigenvalue weighted by Gasteiger charge is 2.34. The van der Waals surface area contributed by atoms with Crippen LogP contribution in [-0.2, 0) is 27.8 Å². The highest BCUT2D eigenvalue weighted by Crippen LogP contribution is 2.31. The summed E-state index contributed by atoms with van der Waals surface area (Å²) < 4.78 is 35.0. The van der Waals surface area contributed by atoms with E-state index < -0.39 is 10.0 Å². The van der Waals surface area contributed by atoms with Gasteiger partial charge in [0.15, 0.2) is 0 Å². The second-order valence-corrected chi connectivity index (χ2v) is 12.4. The Hall–Kier alpha value is -3.49. The van der Waals surface area contributed by atoms with E-state index in [1.807, 2.05) is 65.6 Å². The van der Waals surface area contributed by atoms with Crippen molar-refractivity contribution in [2.24, 2.45) is 0 Å². The molecule has 2 aliphatic heterocycles. The van der Waals surface area contributed by atoms with Crippen LogP contribution in [0.2, 0.25) is 0 Å². The molecular weight excluding hydrogens is 510 g/mol. The average Bonchev–Trinajstić information content (AvgIpc) is 3.41. The number of oxazole rings is 1. The Kier molecular flexibility index (Phi) is 7.23. The maximum Gasteiger partial charge on any atom is 0.243 e. The van der Waals surface area contributed by atoms with Gasteiger partial charge < -0.3 is 9.32 Å². The molecule has 2 aliphatic rings. The number of nitrogens with zero attached hydrogens (tertiary/aromatic N) is 3. The number of hydrogen-bond donors (Lipinski definition) is 0. The van der Waals surface area contributed by atoms with E-state index in [9.17, 15) is 13.2 Å². The summed E-state index contributed by atoms with van der Waals surface area (Å²) in [4.78, 5) is 19.9. The summed E-state index contributed by atoms with van der Waals surface area (Å²) in [5.41, 5.74) is 1.86. The minimum Gasteiger partial charge on any atom is -0.439 e. The molecule has 1 amide bonds. The van der Waals surface area contributed by atoms with Crippen LogP contribution in [0.25, 0.3) is 22.2 Å². The largest absolute Gasteiger partial charge is 0.439 e. The first-order valence-corrected chi connectivity index (χ1v) is 15.3. The molecule has 4 aromatic rings. The predicted molar refractivity (Wildman–Crippen MR) is 150 cm³/mol. The zero-order valence-electron chi connectivity index (χ0n) is 22.0. The van der Waals surface area contributed by atoms with Gasteiger partial charge in [-0.1, -0.05) is 55.0 Å². The van der Waals surface area contributed by atoms with Crippen LogP contribution in [0.15, 0.2) is 82.1 Å². The summed E-state index contributed by atoms with van der Waals surface area (Å²) in [6.07, 6.45) is 5.11. The van der Waals surface area contributed by atoms with Crippen molar-refractivity contribution in [3.8, 4) is 11.5 Å². The molecule has 0 aliphatic carbocycles. The fraction of sp³-hybridized carbons (Fsp3) is 0.355. The SMILES string of the molecule is O=C(CCCC1CCCCN1S(=O)(=O)c1ccc2ccccc2c1)N1CCc2nc(-c3ccccc3)oc2C1. The fourth-order valence-electron chi connectivity index (χ4n) is 5.80. The van der Waals surface area contributed by atoms with E-state index in [4.69, 9.17) is 4.42 Å². The zero-order valence-corrected chi connectivity index (χ0v) is 22.8. The van der Waals surface area contributed by atoms with Gasteiger partial charge in [0, 0.05) is 37.5 Å². The second-order valence-electron chi connectivity index (χ2n) is 10.5. The first-order valence-electron chi connectivity index (χ1n) is 13.8. The van der Waals surface area contributed by atoms with Gasteiger partial charge in [-0.05, 0) is 60.7 Å². The smallest absolute Gasteiger partial charge is 0.243 e. The number of carbonyl (C=O) groups is 1. The van der Waals surface area contributed by atoms with Gasteiger partial charge in [0.1, 0.15) is 5.76 Å². The molecule has 7 nitrogen and oxygen atoms in total. The summed E-state index contributed by atoms with van der Waals surface area (Å²) in [7, 11) is -3.61. The highest BCUT2D eigenvalue weighted by atomic mass is 32.2. The zero-order chi connectivity index (χ0) is 26.8. The number of aromatic nitrogens is 1. The average molecular weight is 544 g/mol. The molecule has 1 atom stereocenters. The van der Waals surface area contributed by atoms with Crippen molar-refractivity contribution in [2.75, 3.05) is 13.1 Å². The summed E-state index contributed by atoms with van der Waals surface area (Å²) in [5, 5.41) is 1.95. The number of rotatable bonds is 7. The number of amides is 1. The van der Waals surface area contributed by atoms with Gasteiger partial charge in [0.2, 0.25) is 21.8 Å². The number of hydrogen-bond acceptors (Lipinski definition) is 5. The van der Waals surface area contributed by atoms with E-state index in [-0.39, 0.29) is 11.9 Å². The third-order valence-electron chi connectivity index (χ3n) is 7.93. The minimum atomic E-state index is -3.61. The molecule has 1 saturated heterocycles. The summed E-state index contributed by atoms with van der Waals surface area (Å²) in [6, 6.07) is 22.9. The van der Waals surface area contributed by atoms with Crippen molar-refractivity contribution in [1.82, 2.24) is 14.2 Å². The van der Waals surface area contributed by atoms with Crippen LogP contribution in [0.5, 0.6) is 0 Å². The number of carbonyl (C=O) groups excluding carboxylic acids is 1. The van der Waals surface area contributed by atoms with Gasteiger partial charge in [0.25, 0.3) is 0 Å².